The number of aromatic hydroxyl groups is 1. The van der Waals surface area contributed by atoms with Gasteiger partial charge in [-0.05, 0) is 48.7 Å². The van der Waals surface area contributed by atoms with E-state index in [1.807, 2.05) is 49.4 Å². The van der Waals surface area contributed by atoms with Crippen LogP contribution in [-0.4, -0.2) is 52.4 Å². The predicted octanol–water partition coefficient (Wildman–Crippen LogP) is 7.31. The summed E-state index contributed by atoms with van der Waals surface area (Å²) in [5.74, 6) is -0.500. The normalized spacial score (nSPS) is 14.9. The first-order valence-electron chi connectivity index (χ1n) is 13.5. The number of benzene rings is 3. The highest BCUT2D eigenvalue weighted by atomic mass is 35.5. The summed E-state index contributed by atoms with van der Waals surface area (Å²) in [5, 5.41) is 24.8. The van der Waals surface area contributed by atoms with Gasteiger partial charge in [-0.15, -0.1) is 0 Å². The molecule has 0 aliphatic carbocycles. The van der Waals surface area contributed by atoms with E-state index in [1.54, 1.807) is 19.2 Å². The van der Waals surface area contributed by atoms with Gasteiger partial charge in [-0.25, -0.2) is 9.78 Å². The van der Waals surface area contributed by atoms with Crippen LogP contribution in [0.1, 0.15) is 44.4 Å². The Bertz CT molecular complexity index is 1810. The monoisotopic (exact) mass is 606 g/mol. The number of rotatable bonds is 7. The smallest absolute Gasteiger partial charge is 0.339 e. The van der Waals surface area contributed by atoms with E-state index in [0.29, 0.717) is 69.5 Å². The van der Waals surface area contributed by atoms with E-state index in [9.17, 15) is 15.0 Å². The number of ether oxygens (including phenoxy) is 2. The summed E-state index contributed by atoms with van der Waals surface area (Å²) < 4.78 is 17.8. The van der Waals surface area contributed by atoms with Crippen molar-refractivity contribution in [1.82, 2.24) is 9.88 Å². The summed E-state index contributed by atoms with van der Waals surface area (Å²) in [6.07, 6.45) is 1.64. The molecule has 6 rings (SSSR count). The number of hydrogen-bond donors (Lipinski definition) is 2. The highest BCUT2D eigenvalue weighted by molar-refractivity contribution is 6.36. The van der Waals surface area contributed by atoms with Gasteiger partial charge in [0.1, 0.15) is 29.3 Å². The molecule has 3 heterocycles. The van der Waals surface area contributed by atoms with E-state index in [4.69, 9.17) is 37.1 Å². The summed E-state index contributed by atoms with van der Waals surface area (Å²) in [5.41, 5.74) is 3.26. The van der Waals surface area contributed by atoms with Crippen molar-refractivity contribution in [1.29, 1.82) is 0 Å². The number of carboxylic acid groups (broad SMARTS) is 1. The van der Waals surface area contributed by atoms with Crippen LogP contribution in [0.3, 0.4) is 0 Å². The van der Waals surface area contributed by atoms with Crippen LogP contribution < -0.4 is 4.74 Å². The van der Waals surface area contributed by atoms with Crippen LogP contribution >= 0.6 is 23.2 Å². The lowest BCUT2D eigenvalue weighted by molar-refractivity contribution is 0.0238. The quantitative estimate of drug-likeness (QED) is 0.199. The van der Waals surface area contributed by atoms with Crippen LogP contribution in [-0.2, 0) is 11.3 Å². The molecular weight excluding hydrogens is 579 g/mol. The average Bonchev–Trinajstić information content (AvgIpc) is 3.34. The van der Waals surface area contributed by atoms with Crippen molar-refractivity contribution >= 4 is 50.9 Å². The van der Waals surface area contributed by atoms with Crippen molar-refractivity contribution in [2.45, 2.75) is 26.5 Å². The number of carbonyl (C=O) groups is 1. The van der Waals surface area contributed by atoms with Crippen LogP contribution in [0, 0.1) is 13.8 Å². The number of morpholine rings is 1. The number of aromatic nitrogens is 1. The number of aromatic carboxylic acids is 1. The molecule has 8 nitrogen and oxygen atoms in total. The number of hydrogen-bond acceptors (Lipinski definition) is 7. The third-order valence-corrected chi connectivity index (χ3v) is 8.52. The van der Waals surface area contributed by atoms with Crippen LogP contribution in [0.15, 0.2) is 59.1 Å². The number of furan rings is 1. The van der Waals surface area contributed by atoms with Gasteiger partial charge in [0.15, 0.2) is 0 Å². The molecule has 0 amide bonds. The Kier molecular flexibility index (Phi) is 7.72. The molecule has 42 heavy (non-hydrogen) atoms. The van der Waals surface area contributed by atoms with Gasteiger partial charge < -0.3 is 24.1 Å². The third-order valence-electron chi connectivity index (χ3n) is 7.74. The number of fused-ring (bicyclic) bond motifs is 3. The lowest BCUT2D eigenvalue weighted by atomic mass is 9.89. The lowest BCUT2D eigenvalue weighted by Gasteiger charge is -2.36. The van der Waals surface area contributed by atoms with Crippen molar-refractivity contribution in [3.05, 3.63) is 98.4 Å². The Hall–Kier alpha value is -3.82. The van der Waals surface area contributed by atoms with Gasteiger partial charge in [-0.1, -0.05) is 47.5 Å². The fourth-order valence-corrected chi connectivity index (χ4v) is 6.21. The number of carboxylic acids is 1. The van der Waals surface area contributed by atoms with Crippen molar-refractivity contribution in [2.75, 3.05) is 26.3 Å². The van der Waals surface area contributed by atoms with Crippen molar-refractivity contribution in [3.63, 3.8) is 0 Å². The molecule has 2 aromatic heterocycles. The maximum absolute atomic E-state index is 12.6. The average molecular weight is 607 g/mol. The molecule has 216 valence electrons. The number of halogens is 2. The number of pyridine rings is 1. The Labute approximate surface area is 252 Å². The minimum Gasteiger partial charge on any atom is -0.507 e. The molecule has 2 N–H and O–H groups in total. The minimum atomic E-state index is -1.13. The Morgan fingerprint density at radius 1 is 1.07 bits per heavy atom. The molecule has 10 heteroatoms. The maximum atomic E-state index is 12.6. The van der Waals surface area contributed by atoms with E-state index in [0.717, 1.165) is 16.7 Å². The molecule has 1 atom stereocenters. The van der Waals surface area contributed by atoms with Crippen LogP contribution in [0.5, 0.6) is 11.6 Å². The van der Waals surface area contributed by atoms with Crippen LogP contribution in [0.2, 0.25) is 10.0 Å². The Balaban J connectivity index is 1.51. The highest BCUT2D eigenvalue weighted by Gasteiger charge is 2.34. The van der Waals surface area contributed by atoms with Gasteiger partial charge in [0.2, 0.25) is 5.88 Å². The topological polar surface area (TPSA) is 105 Å². The molecule has 3 aromatic carbocycles. The summed E-state index contributed by atoms with van der Waals surface area (Å²) >= 11 is 12.6. The second kappa shape index (κ2) is 11.5. The highest BCUT2D eigenvalue weighted by Crippen LogP contribution is 2.47. The summed E-state index contributed by atoms with van der Waals surface area (Å²) in [7, 11) is 0. The van der Waals surface area contributed by atoms with Gasteiger partial charge in [0.25, 0.3) is 0 Å². The summed E-state index contributed by atoms with van der Waals surface area (Å²) in [4.78, 5) is 19.1. The standard InChI is InChI=1S/C32H28Cl2N2O6/c1-17-23(33)13-19(14-24(17)34)16-41-25-15-20(7-8-35-25)29(36-9-11-40-12-10-36)28-27-26(32(38)39)18(2)42-31(27)22-6-4-3-5-21(22)30(28)37/h3-8,13-15,29,37H,9-12,16H2,1-2H3,(H,38,39). The predicted molar refractivity (Wildman–Crippen MR) is 161 cm³/mol. The molecule has 0 saturated carbocycles. The molecule has 5 aromatic rings. The summed E-state index contributed by atoms with van der Waals surface area (Å²) in [6.45, 7) is 5.79. The lowest BCUT2D eigenvalue weighted by Crippen LogP contribution is -2.39. The third kappa shape index (κ3) is 5.05. The van der Waals surface area contributed by atoms with E-state index in [1.165, 1.54) is 0 Å². The molecule has 1 aliphatic heterocycles. The first-order chi connectivity index (χ1) is 20.2. The number of phenolic OH excluding ortho intramolecular Hbond substituents is 1. The maximum Gasteiger partial charge on any atom is 0.339 e. The van der Waals surface area contributed by atoms with E-state index >= 15 is 0 Å². The zero-order valence-electron chi connectivity index (χ0n) is 23.0. The van der Waals surface area contributed by atoms with Crippen LogP contribution in [0.4, 0.5) is 0 Å². The van der Waals surface area contributed by atoms with Crippen molar-refractivity contribution in [2.24, 2.45) is 0 Å². The SMILES string of the molecule is Cc1oc2c(c1C(=O)O)c(C(c1ccnc(OCc3cc(Cl)c(C)c(Cl)c3)c1)N1CCOCC1)c(O)c1ccccc12. The molecular formula is C32H28Cl2N2O6. The molecule has 0 radical (unpaired) electrons. The first-order valence-corrected chi connectivity index (χ1v) is 14.2. The van der Waals surface area contributed by atoms with Gasteiger partial charge in [0, 0.05) is 57.1 Å². The first kappa shape index (κ1) is 28.3. The second-order valence-electron chi connectivity index (χ2n) is 10.3. The molecule has 0 bridgehead atoms. The second-order valence-corrected chi connectivity index (χ2v) is 11.1. The fourth-order valence-electron chi connectivity index (χ4n) is 5.67. The van der Waals surface area contributed by atoms with Crippen LogP contribution in [0.25, 0.3) is 21.7 Å². The molecule has 1 unspecified atom stereocenters. The molecule has 1 fully saturated rings. The molecule has 0 spiro atoms. The number of nitrogens with zero attached hydrogens (tertiary/aromatic N) is 2. The number of aryl methyl sites for hydroxylation is 1. The number of phenols is 1. The zero-order valence-corrected chi connectivity index (χ0v) is 24.5. The van der Waals surface area contributed by atoms with Crippen molar-refractivity contribution in [3.8, 4) is 11.6 Å². The largest absolute Gasteiger partial charge is 0.507 e. The van der Waals surface area contributed by atoms with E-state index in [2.05, 4.69) is 9.88 Å². The van der Waals surface area contributed by atoms with Gasteiger partial charge in [0.05, 0.1) is 19.3 Å². The fraction of sp³-hybridized carbons (Fsp3) is 0.250. The Morgan fingerprint density at radius 3 is 2.45 bits per heavy atom. The van der Waals surface area contributed by atoms with Gasteiger partial charge in [-0.2, -0.15) is 0 Å². The van der Waals surface area contributed by atoms with E-state index < -0.39 is 12.0 Å². The van der Waals surface area contributed by atoms with Crippen molar-refractivity contribution < 1.29 is 28.9 Å². The molecule has 1 aliphatic rings. The zero-order chi connectivity index (χ0) is 29.5. The Morgan fingerprint density at radius 2 is 1.76 bits per heavy atom. The van der Waals surface area contributed by atoms with Gasteiger partial charge in [-0.3, -0.25) is 4.90 Å². The van der Waals surface area contributed by atoms with E-state index in [-0.39, 0.29) is 23.7 Å². The molecule has 1 saturated heterocycles. The van der Waals surface area contributed by atoms with Gasteiger partial charge >= 0.3 is 5.97 Å². The minimum absolute atomic E-state index is 0.00103. The summed E-state index contributed by atoms with van der Waals surface area (Å²) in [6, 6.07) is 14.0.